The molecule has 0 amide bonds. The monoisotopic (exact) mass is 214 g/mol. The lowest BCUT2D eigenvalue weighted by Crippen LogP contribution is -2.03. The number of anilines is 2. The molecule has 0 heterocycles. The number of nitrogen functional groups attached to an aromatic ring is 1. The highest BCUT2D eigenvalue weighted by molar-refractivity contribution is 7.98. The van der Waals surface area contributed by atoms with Gasteiger partial charge >= 0.3 is 0 Å². The van der Waals surface area contributed by atoms with Crippen LogP contribution in [0.15, 0.2) is 18.2 Å². The molecule has 0 saturated heterocycles. The second-order valence-electron chi connectivity index (χ2n) is 3.05. The lowest BCUT2D eigenvalue weighted by atomic mass is 10.2. The molecule has 0 aliphatic rings. The van der Waals surface area contributed by atoms with Crippen LogP contribution in [0.2, 0.25) is 0 Å². The van der Waals surface area contributed by atoms with Gasteiger partial charge in [0.2, 0.25) is 0 Å². The quantitative estimate of drug-likeness (QED) is 0.584. The standard InChI is InChI=1S/C10H15FN2S/c1-14-4-2-3-13-10-6-8(11)5-9(12)7-10/h5-7,13H,2-4,12H2,1H3. The smallest absolute Gasteiger partial charge is 0.127 e. The summed E-state index contributed by atoms with van der Waals surface area (Å²) in [4.78, 5) is 0. The van der Waals surface area contributed by atoms with Crippen LogP contribution in [0.1, 0.15) is 6.42 Å². The Labute approximate surface area is 88.1 Å². The van der Waals surface area contributed by atoms with Gasteiger partial charge in [-0.2, -0.15) is 11.8 Å². The summed E-state index contributed by atoms with van der Waals surface area (Å²) in [6, 6.07) is 4.50. The SMILES string of the molecule is CSCCCNc1cc(N)cc(F)c1. The topological polar surface area (TPSA) is 38.0 Å². The summed E-state index contributed by atoms with van der Waals surface area (Å²) in [5, 5.41) is 3.13. The molecular formula is C10H15FN2S. The van der Waals surface area contributed by atoms with Gasteiger partial charge in [-0.15, -0.1) is 0 Å². The van der Waals surface area contributed by atoms with E-state index < -0.39 is 0 Å². The molecule has 1 aromatic carbocycles. The van der Waals surface area contributed by atoms with Crippen LogP contribution >= 0.6 is 11.8 Å². The second kappa shape index (κ2) is 5.75. The van der Waals surface area contributed by atoms with Crippen molar-refractivity contribution < 1.29 is 4.39 Å². The molecule has 78 valence electrons. The van der Waals surface area contributed by atoms with Crippen LogP contribution < -0.4 is 11.1 Å². The van der Waals surface area contributed by atoms with Crippen molar-refractivity contribution in [3.05, 3.63) is 24.0 Å². The molecule has 0 saturated carbocycles. The average molecular weight is 214 g/mol. The van der Waals surface area contributed by atoms with Crippen LogP contribution in [0.4, 0.5) is 15.8 Å². The second-order valence-corrected chi connectivity index (χ2v) is 4.03. The van der Waals surface area contributed by atoms with E-state index in [1.807, 2.05) is 0 Å². The minimum Gasteiger partial charge on any atom is -0.399 e. The molecule has 4 heteroatoms. The number of hydrogen-bond donors (Lipinski definition) is 2. The predicted octanol–water partition coefficient (Wildman–Crippen LogP) is 2.57. The lowest BCUT2D eigenvalue weighted by molar-refractivity contribution is 0.629. The largest absolute Gasteiger partial charge is 0.399 e. The van der Waals surface area contributed by atoms with Crippen LogP contribution in [-0.4, -0.2) is 18.6 Å². The third-order valence-electron chi connectivity index (χ3n) is 1.77. The fraction of sp³-hybridized carbons (Fsp3) is 0.400. The number of thioether (sulfide) groups is 1. The summed E-state index contributed by atoms with van der Waals surface area (Å²) in [5.74, 6) is 0.815. The fourth-order valence-electron chi connectivity index (χ4n) is 1.16. The van der Waals surface area contributed by atoms with Crippen LogP contribution in [0.5, 0.6) is 0 Å². The van der Waals surface area contributed by atoms with Crippen molar-refractivity contribution in [1.82, 2.24) is 0 Å². The highest BCUT2D eigenvalue weighted by atomic mass is 32.2. The zero-order valence-electron chi connectivity index (χ0n) is 8.22. The van der Waals surface area contributed by atoms with Crippen molar-refractivity contribution >= 4 is 23.1 Å². The highest BCUT2D eigenvalue weighted by Gasteiger charge is 1.97. The third kappa shape index (κ3) is 3.87. The summed E-state index contributed by atoms with van der Waals surface area (Å²) in [5.41, 5.74) is 6.71. The fourth-order valence-corrected chi connectivity index (χ4v) is 1.60. The van der Waals surface area contributed by atoms with Gasteiger partial charge in [0.05, 0.1) is 0 Å². The molecule has 1 rings (SSSR count). The van der Waals surface area contributed by atoms with Crippen molar-refractivity contribution in [2.24, 2.45) is 0 Å². The van der Waals surface area contributed by atoms with E-state index in [-0.39, 0.29) is 5.82 Å². The molecule has 14 heavy (non-hydrogen) atoms. The zero-order valence-corrected chi connectivity index (χ0v) is 9.03. The number of nitrogens with two attached hydrogens (primary N) is 1. The molecule has 1 aromatic rings. The van der Waals surface area contributed by atoms with Crippen molar-refractivity contribution in [2.75, 3.05) is 29.6 Å². The van der Waals surface area contributed by atoms with Crippen LogP contribution in [0.25, 0.3) is 0 Å². The minimum atomic E-state index is -0.294. The van der Waals surface area contributed by atoms with Gasteiger partial charge in [-0.25, -0.2) is 4.39 Å². The van der Waals surface area contributed by atoms with Gasteiger partial charge in [0.25, 0.3) is 0 Å². The Kier molecular flexibility index (Phi) is 4.59. The van der Waals surface area contributed by atoms with Gasteiger partial charge in [0, 0.05) is 17.9 Å². The molecule has 0 aliphatic carbocycles. The number of halogens is 1. The van der Waals surface area contributed by atoms with E-state index in [0.29, 0.717) is 5.69 Å². The summed E-state index contributed by atoms with van der Waals surface area (Å²) in [6.07, 6.45) is 3.14. The Morgan fingerprint density at radius 2 is 2.21 bits per heavy atom. The minimum absolute atomic E-state index is 0.294. The van der Waals surface area contributed by atoms with E-state index in [2.05, 4.69) is 11.6 Å². The number of hydrogen-bond acceptors (Lipinski definition) is 3. The Balaban J connectivity index is 2.42. The third-order valence-corrected chi connectivity index (χ3v) is 2.47. The van der Waals surface area contributed by atoms with E-state index in [1.54, 1.807) is 17.8 Å². The number of rotatable bonds is 5. The molecule has 0 fully saturated rings. The van der Waals surface area contributed by atoms with Gasteiger partial charge in [-0.05, 0) is 36.6 Å². The Morgan fingerprint density at radius 1 is 1.43 bits per heavy atom. The van der Waals surface area contributed by atoms with Crippen molar-refractivity contribution in [3.63, 3.8) is 0 Å². The summed E-state index contributed by atoms with van der Waals surface area (Å²) in [6.45, 7) is 0.851. The average Bonchev–Trinajstić information content (AvgIpc) is 2.11. The Bertz CT molecular complexity index is 271. The highest BCUT2D eigenvalue weighted by Crippen LogP contribution is 2.15. The molecule has 0 unspecified atom stereocenters. The number of benzene rings is 1. The summed E-state index contributed by atoms with van der Waals surface area (Å²) >= 11 is 1.80. The summed E-state index contributed by atoms with van der Waals surface area (Å²) < 4.78 is 12.9. The first kappa shape index (κ1) is 11.2. The van der Waals surface area contributed by atoms with Gasteiger partial charge in [-0.3, -0.25) is 0 Å². The number of nitrogens with one attached hydrogen (secondary N) is 1. The lowest BCUT2D eigenvalue weighted by Gasteiger charge is -2.06. The Morgan fingerprint density at radius 3 is 2.86 bits per heavy atom. The van der Waals surface area contributed by atoms with Crippen molar-refractivity contribution in [1.29, 1.82) is 0 Å². The molecular weight excluding hydrogens is 199 g/mol. The molecule has 0 spiro atoms. The first-order chi connectivity index (χ1) is 6.72. The van der Waals surface area contributed by atoms with Crippen LogP contribution in [0, 0.1) is 5.82 Å². The van der Waals surface area contributed by atoms with Crippen molar-refractivity contribution in [3.8, 4) is 0 Å². The van der Waals surface area contributed by atoms with Gasteiger partial charge in [0.15, 0.2) is 0 Å². The maximum Gasteiger partial charge on any atom is 0.127 e. The molecule has 0 aromatic heterocycles. The predicted molar refractivity (Wildman–Crippen MR) is 62.3 cm³/mol. The molecule has 0 bridgehead atoms. The maximum atomic E-state index is 12.9. The normalized spacial score (nSPS) is 10.1. The first-order valence-electron chi connectivity index (χ1n) is 4.51. The molecule has 0 atom stereocenters. The van der Waals surface area contributed by atoms with E-state index in [4.69, 9.17) is 5.73 Å². The molecule has 3 N–H and O–H groups in total. The maximum absolute atomic E-state index is 12.9. The first-order valence-corrected chi connectivity index (χ1v) is 5.90. The van der Waals surface area contributed by atoms with E-state index in [9.17, 15) is 4.39 Å². The molecule has 0 radical (unpaired) electrons. The Hall–Kier alpha value is -0.900. The van der Waals surface area contributed by atoms with Crippen LogP contribution in [0.3, 0.4) is 0 Å². The van der Waals surface area contributed by atoms with Gasteiger partial charge < -0.3 is 11.1 Å². The van der Waals surface area contributed by atoms with E-state index >= 15 is 0 Å². The van der Waals surface area contributed by atoms with E-state index in [0.717, 1.165) is 24.4 Å². The van der Waals surface area contributed by atoms with Gasteiger partial charge in [-0.1, -0.05) is 0 Å². The van der Waals surface area contributed by atoms with E-state index in [1.165, 1.54) is 12.1 Å². The zero-order chi connectivity index (χ0) is 10.4. The van der Waals surface area contributed by atoms with Crippen LogP contribution in [-0.2, 0) is 0 Å². The van der Waals surface area contributed by atoms with Crippen molar-refractivity contribution in [2.45, 2.75) is 6.42 Å². The van der Waals surface area contributed by atoms with Gasteiger partial charge in [0.1, 0.15) is 5.82 Å². The molecule has 2 nitrogen and oxygen atoms in total. The molecule has 0 aliphatic heterocycles. The summed E-state index contributed by atoms with van der Waals surface area (Å²) in [7, 11) is 0.